The Morgan fingerprint density at radius 1 is 1.04 bits per heavy atom. The number of nitrogens with one attached hydrogen (secondary N) is 1. The Balaban J connectivity index is 1.43. The number of anilines is 2. The number of amides is 2. The van der Waals surface area contributed by atoms with E-state index >= 15 is 0 Å². The molecule has 6 heteroatoms. The van der Waals surface area contributed by atoms with E-state index in [1.165, 1.54) is 11.1 Å². The highest BCUT2D eigenvalue weighted by Gasteiger charge is 2.24. The second-order valence-electron chi connectivity index (χ2n) is 7.35. The summed E-state index contributed by atoms with van der Waals surface area (Å²) in [5, 5.41) is 3.03. The predicted molar refractivity (Wildman–Crippen MR) is 114 cm³/mol. The Bertz CT molecular complexity index is 1000. The van der Waals surface area contributed by atoms with Crippen LogP contribution in [0.5, 0.6) is 0 Å². The van der Waals surface area contributed by atoms with E-state index in [2.05, 4.69) is 53.8 Å². The smallest absolute Gasteiger partial charge is 0.321 e. The first kappa shape index (κ1) is 18.3. The minimum absolute atomic E-state index is 0.0353. The molecule has 6 nitrogen and oxygen atoms in total. The Labute approximate surface area is 165 Å². The first-order valence-electron chi connectivity index (χ1n) is 9.90. The number of hydrogen-bond donors (Lipinski definition) is 1. The summed E-state index contributed by atoms with van der Waals surface area (Å²) in [4.78, 5) is 21.6. The van der Waals surface area contributed by atoms with Crippen LogP contribution in [0, 0.1) is 13.8 Å². The summed E-state index contributed by atoms with van der Waals surface area (Å²) in [5.41, 5.74) is 5.44. The van der Waals surface area contributed by atoms with Gasteiger partial charge in [-0.25, -0.2) is 9.78 Å². The number of carbonyl (C=O) groups is 1. The predicted octanol–water partition coefficient (Wildman–Crippen LogP) is 4.03. The van der Waals surface area contributed by atoms with Crippen LogP contribution >= 0.6 is 0 Å². The van der Waals surface area contributed by atoms with Gasteiger partial charge in [-0.3, -0.25) is 0 Å². The molecule has 4 rings (SSSR count). The third-order valence-corrected chi connectivity index (χ3v) is 5.56. The maximum atomic E-state index is 12.6. The highest BCUT2D eigenvalue weighted by Crippen LogP contribution is 2.24. The van der Waals surface area contributed by atoms with Crippen LogP contribution in [0.3, 0.4) is 0 Å². The molecular formula is C22H27N5O. The monoisotopic (exact) mass is 377 g/mol. The van der Waals surface area contributed by atoms with Crippen LogP contribution in [0.15, 0.2) is 42.5 Å². The van der Waals surface area contributed by atoms with Crippen LogP contribution < -0.4 is 10.2 Å². The van der Waals surface area contributed by atoms with Crippen LogP contribution in [0.25, 0.3) is 11.0 Å². The first-order chi connectivity index (χ1) is 13.6. The van der Waals surface area contributed by atoms with E-state index in [0.717, 1.165) is 42.3 Å². The van der Waals surface area contributed by atoms with Gasteiger partial charge in [-0.1, -0.05) is 18.2 Å². The fourth-order valence-corrected chi connectivity index (χ4v) is 3.75. The molecule has 2 amide bonds. The van der Waals surface area contributed by atoms with Gasteiger partial charge in [0.2, 0.25) is 5.95 Å². The summed E-state index contributed by atoms with van der Waals surface area (Å²) in [6, 6.07) is 14.2. The van der Waals surface area contributed by atoms with Crippen molar-refractivity contribution in [2.45, 2.75) is 27.3 Å². The summed E-state index contributed by atoms with van der Waals surface area (Å²) in [5.74, 6) is 0.998. The van der Waals surface area contributed by atoms with Crippen molar-refractivity contribution in [3.05, 3.63) is 53.6 Å². The number of para-hydroxylation sites is 2. The van der Waals surface area contributed by atoms with Gasteiger partial charge in [0.05, 0.1) is 11.0 Å². The molecule has 1 fully saturated rings. The standard InChI is InChI=1S/C22H27N5O/c1-4-27-20-8-6-5-7-19(20)24-21(27)25-11-13-26(14-12-25)22(28)23-18-10-9-16(2)17(3)15-18/h5-10,15H,4,11-14H2,1-3H3,(H,23,28). The van der Waals surface area contributed by atoms with Crippen molar-refractivity contribution < 1.29 is 4.79 Å². The van der Waals surface area contributed by atoms with Crippen molar-refractivity contribution in [1.82, 2.24) is 14.5 Å². The number of aromatic nitrogens is 2. The zero-order valence-corrected chi connectivity index (χ0v) is 16.8. The van der Waals surface area contributed by atoms with Crippen LogP contribution in [-0.4, -0.2) is 46.7 Å². The van der Waals surface area contributed by atoms with Crippen LogP contribution in [-0.2, 0) is 6.54 Å². The van der Waals surface area contributed by atoms with E-state index in [0.29, 0.717) is 13.1 Å². The van der Waals surface area contributed by atoms with Crippen molar-refractivity contribution in [3.8, 4) is 0 Å². The molecule has 0 saturated carbocycles. The summed E-state index contributed by atoms with van der Waals surface area (Å²) < 4.78 is 2.25. The van der Waals surface area contributed by atoms with Gasteiger partial charge in [0.1, 0.15) is 0 Å². The summed E-state index contributed by atoms with van der Waals surface area (Å²) in [7, 11) is 0. The molecule has 0 radical (unpaired) electrons. The molecule has 1 N–H and O–H groups in total. The van der Waals surface area contributed by atoms with Gasteiger partial charge in [0.25, 0.3) is 0 Å². The molecule has 1 aliphatic rings. The number of benzene rings is 2. The lowest BCUT2D eigenvalue weighted by Gasteiger charge is -2.35. The molecule has 0 spiro atoms. The average Bonchev–Trinajstić information content (AvgIpc) is 3.09. The first-order valence-corrected chi connectivity index (χ1v) is 9.90. The third-order valence-electron chi connectivity index (χ3n) is 5.56. The molecule has 1 aromatic heterocycles. The van der Waals surface area contributed by atoms with Gasteiger partial charge < -0.3 is 19.7 Å². The molecule has 28 heavy (non-hydrogen) atoms. The van der Waals surface area contributed by atoms with Crippen LogP contribution in [0.1, 0.15) is 18.1 Å². The topological polar surface area (TPSA) is 53.4 Å². The molecule has 0 atom stereocenters. The van der Waals surface area contributed by atoms with E-state index in [4.69, 9.17) is 4.98 Å². The van der Waals surface area contributed by atoms with Gasteiger partial charge in [-0.05, 0) is 56.2 Å². The third kappa shape index (κ3) is 3.42. The van der Waals surface area contributed by atoms with E-state index in [9.17, 15) is 4.79 Å². The minimum Gasteiger partial charge on any atom is -0.339 e. The summed E-state index contributed by atoms with van der Waals surface area (Å²) >= 11 is 0. The van der Waals surface area contributed by atoms with E-state index in [1.807, 2.05) is 29.2 Å². The van der Waals surface area contributed by atoms with Crippen molar-refractivity contribution in [2.75, 3.05) is 36.4 Å². The molecule has 2 heterocycles. The zero-order chi connectivity index (χ0) is 19.7. The molecule has 1 saturated heterocycles. The van der Waals surface area contributed by atoms with Crippen molar-refractivity contribution in [1.29, 1.82) is 0 Å². The molecule has 0 aliphatic carbocycles. The molecule has 3 aromatic rings. The minimum atomic E-state index is -0.0353. The largest absolute Gasteiger partial charge is 0.339 e. The van der Waals surface area contributed by atoms with Gasteiger partial charge >= 0.3 is 6.03 Å². The lowest BCUT2D eigenvalue weighted by Crippen LogP contribution is -2.50. The number of urea groups is 1. The SMILES string of the molecule is CCn1c(N2CCN(C(=O)Nc3ccc(C)c(C)c3)CC2)nc2ccccc21. The van der Waals surface area contributed by atoms with Crippen LogP contribution in [0.2, 0.25) is 0 Å². The highest BCUT2D eigenvalue weighted by molar-refractivity contribution is 5.89. The maximum absolute atomic E-state index is 12.6. The fraction of sp³-hybridized carbons (Fsp3) is 0.364. The van der Waals surface area contributed by atoms with Gasteiger partial charge in [-0.2, -0.15) is 0 Å². The molecule has 1 aliphatic heterocycles. The van der Waals surface area contributed by atoms with Crippen molar-refractivity contribution in [3.63, 3.8) is 0 Å². The van der Waals surface area contributed by atoms with Gasteiger partial charge in [0.15, 0.2) is 0 Å². The number of nitrogens with zero attached hydrogens (tertiary/aromatic N) is 4. The number of fused-ring (bicyclic) bond motifs is 1. The number of carbonyl (C=O) groups excluding carboxylic acids is 1. The van der Waals surface area contributed by atoms with Crippen molar-refractivity contribution in [2.24, 2.45) is 0 Å². The second kappa shape index (κ2) is 7.54. The Hall–Kier alpha value is -3.02. The maximum Gasteiger partial charge on any atom is 0.321 e. The summed E-state index contributed by atoms with van der Waals surface area (Å²) in [6.07, 6.45) is 0. The molecular weight excluding hydrogens is 350 g/mol. The Morgan fingerprint density at radius 2 is 1.79 bits per heavy atom. The molecule has 146 valence electrons. The number of hydrogen-bond acceptors (Lipinski definition) is 3. The van der Waals surface area contributed by atoms with Gasteiger partial charge in [0, 0.05) is 38.4 Å². The van der Waals surface area contributed by atoms with Crippen LogP contribution in [0.4, 0.5) is 16.4 Å². The lowest BCUT2D eigenvalue weighted by molar-refractivity contribution is 0.208. The quantitative estimate of drug-likeness (QED) is 0.750. The van der Waals surface area contributed by atoms with E-state index < -0.39 is 0 Å². The van der Waals surface area contributed by atoms with Crippen molar-refractivity contribution >= 4 is 28.7 Å². The fourth-order valence-electron chi connectivity index (χ4n) is 3.75. The number of rotatable bonds is 3. The van der Waals surface area contributed by atoms with E-state index in [1.54, 1.807) is 0 Å². The van der Waals surface area contributed by atoms with E-state index in [-0.39, 0.29) is 6.03 Å². The average molecular weight is 377 g/mol. The molecule has 0 unspecified atom stereocenters. The molecule has 2 aromatic carbocycles. The second-order valence-corrected chi connectivity index (χ2v) is 7.35. The normalized spacial score (nSPS) is 14.5. The number of aryl methyl sites for hydroxylation is 3. The number of imidazole rings is 1. The lowest BCUT2D eigenvalue weighted by atomic mass is 10.1. The highest BCUT2D eigenvalue weighted by atomic mass is 16.2. The summed E-state index contributed by atoms with van der Waals surface area (Å²) in [6.45, 7) is 10.1. The Morgan fingerprint density at radius 3 is 2.50 bits per heavy atom. The molecule has 0 bridgehead atoms. The Kier molecular flexibility index (Phi) is 4.94. The number of piperazine rings is 1. The van der Waals surface area contributed by atoms with Gasteiger partial charge in [-0.15, -0.1) is 0 Å². The zero-order valence-electron chi connectivity index (χ0n) is 16.8.